The minimum Gasteiger partial charge on any atom is -0.494 e. The molecule has 4 heteroatoms. The molecule has 1 aliphatic rings. The summed E-state index contributed by atoms with van der Waals surface area (Å²) in [6.07, 6.45) is 1.05. The highest BCUT2D eigenvalue weighted by Gasteiger charge is 2.30. The highest BCUT2D eigenvalue weighted by Crippen LogP contribution is 2.38. The zero-order valence-electron chi connectivity index (χ0n) is 13.3. The van der Waals surface area contributed by atoms with Crippen molar-refractivity contribution in [2.24, 2.45) is 0 Å². The molecule has 0 aliphatic carbocycles. The van der Waals surface area contributed by atoms with E-state index < -0.39 is 0 Å². The predicted octanol–water partition coefficient (Wildman–Crippen LogP) is 4.36. The summed E-state index contributed by atoms with van der Waals surface area (Å²) in [5.74, 6) is 3.53. The van der Waals surface area contributed by atoms with Gasteiger partial charge in [0, 0.05) is 28.0 Å². The zero-order chi connectivity index (χ0) is 15.1. The van der Waals surface area contributed by atoms with Gasteiger partial charge in [0.15, 0.2) is 0 Å². The Balaban J connectivity index is 2.09. The minimum absolute atomic E-state index is 0.433. The zero-order valence-corrected chi connectivity index (χ0v) is 14.9. The van der Waals surface area contributed by atoms with E-state index in [1.165, 1.54) is 17.1 Å². The summed E-state index contributed by atoms with van der Waals surface area (Å²) < 4.78 is 5.69. The van der Waals surface area contributed by atoms with Crippen LogP contribution in [0.15, 0.2) is 24.3 Å². The van der Waals surface area contributed by atoms with Gasteiger partial charge in [-0.25, -0.2) is 0 Å². The Morgan fingerprint density at radius 3 is 2.52 bits per heavy atom. The molecule has 118 valence electrons. The Morgan fingerprint density at radius 1 is 1.19 bits per heavy atom. The van der Waals surface area contributed by atoms with E-state index in [9.17, 15) is 0 Å². The van der Waals surface area contributed by atoms with Gasteiger partial charge in [-0.2, -0.15) is 23.5 Å². The molecule has 1 fully saturated rings. The Hall–Kier alpha value is -0.320. The fourth-order valence-electron chi connectivity index (χ4n) is 2.65. The van der Waals surface area contributed by atoms with Crippen molar-refractivity contribution in [1.29, 1.82) is 0 Å². The third kappa shape index (κ3) is 4.83. The van der Waals surface area contributed by atoms with E-state index in [-0.39, 0.29) is 0 Å². The van der Waals surface area contributed by atoms with Crippen LogP contribution in [-0.2, 0) is 0 Å². The topological polar surface area (TPSA) is 21.3 Å². The third-order valence-corrected chi connectivity index (χ3v) is 6.90. The van der Waals surface area contributed by atoms with Gasteiger partial charge in [-0.3, -0.25) is 0 Å². The van der Waals surface area contributed by atoms with Gasteiger partial charge in [0.1, 0.15) is 5.75 Å². The van der Waals surface area contributed by atoms with Crippen LogP contribution in [0, 0.1) is 0 Å². The number of rotatable bonds is 7. The second-order valence-electron chi connectivity index (χ2n) is 5.36. The normalized spacial score (nSPS) is 23.8. The van der Waals surface area contributed by atoms with Crippen LogP contribution < -0.4 is 10.1 Å². The van der Waals surface area contributed by atoms with Gasteiger partial charge < -0.3 is 10.1 Å². The SMILES string of the molecule is CCCOc1ccc(C(NCC)C2SCCSC2C)cc1. The Bertz CT molecular complexity index is 410. The molecule has 2 nitrogen and oxygen atoms in total. The first kappa shape index (κ1) is 17.0. The van der Waals surface area contributed by atoms with Crippen LogP contribution >= 0.6 is 23.5 Å². The monoisotopic (exact) mass is 325 g/mol. The van der Waals surface area contributed by atoms with Crippen molar-refractivity contribution in [3.63, 3.8) is 0 Å². The molecule has 0 spiro atoms. The first-order chi connectivity index (χ1) is 10.3. The van der Waals surface area contributed by atoms with E-state index in [2.05, 4.69) is 73.9 Å². The second-order valence-corrected chi connectivity index (χ2v) is 8.14. The van der Waals surface area contributed by atoms with Crippen molar-refractivity contribution in [3.8, 4) is 5.75 Å². The largest absolute Gasteiger partial charge is 0.494 e. The molecular formula is C17H27NOS2. The molecule has 1 aromatic carbocycles. The molecule has 0 bridgehead atoms. The van der Waals surface area contributed by atoms with Crippen molar-refractivity contribution in [1.82, 2.24) is 5.32 Å². The molecule has 3 atom stereocenters. The molecule has 1 aromatic rings. The summed E-state index contributed by atoms with van der Waals surface area (Å²) in [4.78, 5) is 0. The van der Waals surface area contributed by atoms with E-state index in [1.54, 1.807) is 0 Å². The Kier molecular flexibility index (Phi) is 7.27. The van der Waals surface area contributed by atoms with Crippen LogP contribution in [0.2, 0.25) is 0 Å². The summed E-state index contributed by atoms with van der Waals surface area (Å²) in [5.41, 5.74) is 1.38. The number of ether oxygens (including phenoxy) is 1. The molecular weight excluding hydrogens is 298 g/mol. The Morgan fingerprint density at radius 2 is 1.90 bits per heavy atom. The van der Waals surface area contributed by atoms with Gasteiger partial charge in [-0.05, 0) is 30.7 Å². The molecule has 21 heavy (non-hydrogen) atoms. The van der Waals surface area contributed by atoms with E-state index in [1.807, 2.05) is 0 Å². The summed E-state index contributed by atoms with van der Waals surface area (Å²) >= 11 is 4.22. The van der Waals surface area contributed by atoms with Crippen molar-refractivity contribution in [2.45, 2.75) is 43.7 Å². The predicted molar refractivity (Wildman–Crippen MR) is 96.8 cm³/mol. The number of nitrogens with one attached hydrogen (secondary N) is 1. The van der Waals surface area contributed by atoms with E-state index in [0.717, 1.165) is 25.3 Å². The van der Waals surface area contributed by atoms with Gasteiger partial charge in [-0.15, -0.1) is 0 Å². The Labute approximate surface area is 137 Å². The number of thioether (sulfide) groups is 2. The highest BCUT2D eigenvalue weighted by molar-refractivity contribution is 8.07. The van der Waals surface area contributed by atoms with Crippen LogP contribution in [0.1, 0.15) is 38.8 Å². The molecule has 0 saturated carbocycles. The van der Waals surface area contributed by atoms with Crippen LogP contribution in [0.5, 0.6) is 5.75 Å². The average molecular weight is 326 g/mol. The van der Waals surface area contributed by atoms with Crippen LogP contribution in [0.3, 0.4) is 0 Å². The van der Waals surface area contributed by atoms with E-state index in [4.69, 9.17) is 4.74 Å². The fraction of sp³-hybridized carbons (Fsp3) is 0.647. The smallest absolute Gasteiger partial charge is 0.119 e. The third-order valence-electron chi connectivity index (χ3n) is 3.70. The molecule has 0 aromatic heterocycles. The van der Waals surface area contributed by atoms with Gasteiger partial charge in [0.2, 0.25) is 0 Å². The first-order valence-electron chi connectivity index (χ1n) is 7.95. The van der Waals surface area contributed by atoms with Crippen molar-refractivity contribution in [2.75, 3.05) is 24.7 Å². The summed E-state index contributed by atoms with van der Waals surface area (Å²) in [6.45, 7) is 8.49. The first-order valence-corrected chi connectivity index (χ1v) is 10.0. The summed E-state index contributed by atoms with van der Waals surface area (Å²) in [6, 6.07) is 9.11. The quantitative estimate of drug-likeness (QED) is 0.803. The molecule has 0 radical (unpaired) electrons. The number of hydrogen-bond donors (Lipinski definition) is 1. The number of hydrogen-bond acceptors (Lipinski definition) is 4. The van der Waals surface area contributed by atoms with Gasteiger partial charge >= 0.3 is 0 Å². The molecule has 1 N–H and O–H groups in total. The highest BCUT2D eigenvalue weighted by atomic mass is 32.2. The lowest BCUT2D eigenvalue weighted by atomic mass is 10.0. The molecule has 1 aliphatic heterocycles. The minimum atomic E-state index is 0.433. The molecule has 2 rings (SSSR count). The fourth-order valence-corrected chi connectivity index (χ4v) is 5.60. The lowest BCUT2D eigenvalue weighted by Gasteiger charge is -2.35. The van der Waals surface area contributed by atoms with Crippen molar-refractivity contribution < 1.29 is 4.74 Å². The maximum atomic E-state index is 5.69. The molecule has 1 heterocycles. The van der Waals surface area contributed by atoms with Gasteiger partial charge in [0.25, 0.3) is 0 Å². The van der Waals surface area contributed by atoms with Crippen LogP contribution in [-0.4, -0.2) is 35.2 Å². The molecule has 1 saturated heterocycles. The van der Waals surface area contributed by atoms with Crippen LogP contribution in [0.4, 0.5) is 0 Å². The maximum absolute atomic E-state index is 5.69. The lowest BCUT2D eigenvalue weighted by molar-refractivity contribution is 0.317. The van der Waals surface area contributed by atoms with Crippen molar-refractivity contribution >= 4 is 23.5 Å². The molecule has 0 amide bonds. The van der Waals surface area contributed by atoms with Crippen molar-refractivity contribution in [3.05, 3.63) is 29.8 Å². The average Bonchev–Trinajstić information content (AvgIpc) is 2.52. The maximum Gasteiger partial charge on any atom is 0.119 e. The lowest BCUT2D eigenvalue weighted by Crippen LogP contribution is -2.37. The van der Waals surface area contributed by atoms with Gasteiger partial charge in [0.05, 0.1) is 6.61 Å². The van der Waals surface area contributed by atoms with Crippen LogP contribution in [0.25, 0.3) is 0 Å². The van der Waals surface area contributed by atoms with E-state index >= 15 is 0 Å². The number of benzene rings is 1. The van der Waals surface area contributed by atoms with E-state index in [0.29, 0.717) is 16.5 Å². The second kappa shape index (κ2) is 8.96. The van der Waals surface area contributed by atoms with Gasteiger partial charge in [-0.1, -0.05) is 32.9 Å². The standard InChI is InChI=1S/C17H27NOS2/c1-4-10-19-15-8-6-14(7-9-15)16(18-5-2)17-13(3)20-11-12-21-17/h6-9,13,16-18H,4-5,10-12H2,1-3H3. The summed E-state index contributed by atoms with van der Waals surface area (Å²) in [7, 11) is 0. The summed E-state index contributed by atoms with van der Waals surface area (Å²) in [5, 5.41) is 5.03. The molecule has 3 unspecified atom stereocenters.